The molecule has 0 unspecified atom stereocenters. The molecule has 0 amide bonds. The minimum Gasteiger partial charge on any atom is -0.294 e. The molecule has 20 heavy (non-hydrogen) atoms. The fourth-order valence-corrected chi connectivity index (χ4v) is 2.17. The van der Waals surface area contributed by atoms with Gasteiger partial charge in [-0.1, -0.05) is 47.2 Å². The molecule has 0 aliphatic rings. The van der Waals surface area contributed by atoms with Gasteiger partial charge in [-0.25, -0.2) is 4.68 Å². The lowest BCUT2D eigenvalue weighted by atomic mass is 10.1. The van der Waals surface area contributed by atoms with Gasteiger partial charge in [-0.05, 0) is 19.1 Å². The van der Waals surface area contributed by atoms with Gasteiger partial charge < -0.3 is 0 Å². The normalized spacial score (nSPS) is 10.8. The van der Waals surface area contributed by atoms with Crippen LogP contribution < -0.4 is 0 Å². The minimum absolute atomic E-state index is 0.129. The Balaban J connectivity index is 1.73. The van der Waals surface area contributed by atoms with Crippen molar-refractivity contribution in [2.45, 2.75) is 19.9 Å². The number of carbonyl (C=O) groups is 1. The maximum atomic E-state index is 12.1. The number of para-hydroxylation sites is 1. The molecule has 3 aromatic rings. The number of hydrogen-bond donors (Lipinski definition) is 0. The van der Waals surface area contributed by atoms with Crippen molar-refractivity contribution in [2.24, 2.45) is 0 Å². The molecule has 0 saturated carbocycles. The van der Waals surface area contributed by atoms with Gasteiger partial charge in [-0.2, -0.15) is 0 Å². The molecule has 0 saturated heterocycles. The molecule has 3 rings (SSSR count). The van der Waals surface area contributed by atoms with Gasteiger partial charge in [0.25, 0.3) is 0 Å². The van der Waals surface area contributed by atoms with E-state index >= 15 is 0 Å². The second kappa shape index (κ2) is 5.25. The molecule has 0 spiro atoms. The van der Waals surface area contributed by atoms with Crippen LogP contribution in [0, 0.1) is 6.92 Å². The molecule has 1 aromatic heterocycles. The van der Waals surface area contributed by atoms with Gasteiger partial charge in [0.2, 0.25) is 0 Å². The zero-order valence-electron chi connectivity index (χ0n) is 11.3. The Labute approximate surface area is 117 Å². The fraction of sp³-hybridized carbons (Fsp3) is 0.188. The molecule has 2 aromatic carbocycles. The third-order valence-electron chi connectivity index (χ3n) is 3.34. The van der Waals surface area contributed by atoms with Crippen molar-refractivity contribution in [2.75, 3.05) is 0 Å². The highest BCUT2D eigenvalue weighted by Gasteiger charge is 2.08. The van der Waals surface area contributed by atoms with Gasteiger partial charge in [-0.15, -0.1) is 5.10 Å². The molecule has 4 heteroatoms. The third-order valence-corrected chi connectivity index (χ3v) is 3.34. The molecule has 0 aliphatic heterocycles. The van der Waals surface area contributed by atoms with Crippen molar-refractivity contribution < 1.29 is 4.79 Å². The molecule has 0 N–H and O–H groups in total. The number of benzene rings is 2. The predicted octanol–water partition coefficient (Wildman–Crippen LogP) is 3.01. The summed E-state index contributed by atoms with van der Waals surface area (Å²) in [5.41, 5.74) is 3.73. The van der Waals surface area contributed by atoms with Gasteiger partial charge in [0, 0.05) is 12.0 Å². The number of Topliss-reactive ketones (excluding diaryl/α,β-unsaturated/α-hetero) is 1. The van der Waals surface area contributed by atoms with Crippen LogP contribution in [0.2, 0.25) is 0 Å². The van der Waals surface area contributed by atoms with E-state index in [4.69, 9.17) is 0 Å². The summed E-state index contributed by atoms with van der Waals surface area (Å²) in [5, 5.41) is 8.17. The van der Waals surface area contributed by atoms with Crippen LogP contribution in [0.5, 0.6) is 0 Å². The first-order valence-electron chi connectivity index (χ1n) is 6.62. The summed E-state index contributed by atoms with van der Waals surface area (Å²) in [6, 6.07) is 15.4. The monoisotopic (exact) mass is 265 g/mol. The number of ketones is 1. The minimum atomic E-state index is 0.129. The number of hydrogen-bond acceptors (Lipinski definition) is 3. The van der Waals surface area contributed by atoms with Crippen molar-refractivity contribution in [3.8, 4) is 0 Å². The number of aromatic nitrogens is 3. The number of rotatable bonds is 4. The average molecular weight is 265 g/mol. The number of carbonyl (C=O) groups excluding carboxylic acids is 1. The highest BCUT2D eigenvalue weighted by atomic mass is 16.1. The lowest BCUT2D eigenvalue weighted by Gasteiger charge is -2.03. The molecule has 100 valence electrons. The fourth-order valence-electron chi connectivity index (χ4n) is 2.17. The number of nitrogens with zero attached hydrogens (tertiary/aromatic N) is 3. The number of fused-ring (bicyclic) bond motifs is 1. The van der Waals surface area contributed by atoms with Gasteiger partial charge >= 0.3 is 0 Å². The van der Waals surface area contributed by atoms with E-state index in [1.807, 2.05) is 55.5 Å². The van der Waals surface area contributed by atoms with E-state index in [1.165, 1.54) is 0 Å². The smallest absolute Gasteiger partial charge is 0.164 e. The Morgan fingerprint density at radius 1 is 1.10 bits per heavy atom. The summed E-state index contributed by atoms with van der Waals surface area (Å²) in [7, 11) is 0. The molecule has 1 heterocycles. The van der Waals surface area contributed by atoms with E-state index in [0.29, 0.717) is 13.0 Å². The van der Waals surface area contributed by atoms with Crippen LogP contribution in [0.3, 0.4) is 0 Å². The predicted molar refractivity (Wildman–Crippen MR) is 77.7 cm³/mol. The lowest BCUT2D eigenvalue weighted by Crippen LogP contribution is -2.07. The van der Waals surface area contributed by atoms with E-state index < -0.39 is 0 Å². The van der Waals surface area contributed by atoms with E-state index in [2.05, 4.69) is 10.3 Å². The summed E-state index contributed by atoms with van der Waals surface area (Å²) in [5.74, 6) is 0.129. The molecular formula is C16H15N3O. The molecule has 0 fully saturated rings. The summed E-state index contributed by atoms with van der Waals surface area (Å²) in [4.78, 5) is 12.1. The third kappa shape index (κ3) is 2.45. The molecule has 4 nitrogen and oxygen atoms in total. The standard InChI is InChI=1S/C16H15N3O/c1-12-6-8-13(9-7-12)16(20)10-11-19-15-5-3-2-4-14(15)17-18-19/h2-9H,10-11H2,1H3. The van der Waals surface area contributed by atoms with Crippen LogP contribution in [0.4, 0.5) is 0 Å². The van der Waals surface area contributed by atoms with Crippen molar-refractivity contribution >= 4 is 16.8 Å². The topological polar surface area (TPSA) is 47.8 Å². The quantitative estimate of drug-likeness (QED) is 0.681. The zero-order valence-corrected chi connectivity index (χ0v) is 11.3. The van der Waals surface area contributed by atoms with E-state index in [0.717, 1.165) is 22.2 Å². The van der Waals surface area contributed by atoms with Crippen LogP contribution in [0.15, 0.2) is 48.5 Å². The maximum Gasteiger partial charge on any atom is 0.164 e. The SMILES string of the molecule is Cc1ccc(C(=O)CCn2nnc3ccccc32)cc1. The van der Waals surface area contributed by atoms with Gasteiger partial charge in [0.1, 0.15) is 5.52 Å². The Bertz CT molecular complexity index is 744. The Morgan fingerprint density at radius 2 is 1.85 bits per heavy atom. The molecular weight excluding hydrogens is 250 g/mol. The van der Waals surface area contributed by atoms with E-state index in [1.54, 1.807) is 4.68 Å². The first kappa shape index (κ1) is 12.5. The van der Waals surface area contributed by atoms with Gasteiger partial charge in [0.05, 0.1) is 12.1 Å². The highest BCUT2D eigenvalue weighted by molar-refractivity contribution is 5.96. The second-order valence-electron chi connectivity index (χ2n) is 4.84. The largest absolute Gasteiger partial charge is 0.294 e. The van der Waals surface area contributed by atoms with Crippen molar-refractivity contribution in [3.63, 3.8) is 0 Å². The van der Waals surface area contributed by atoms with Gasteiger partial charge in [0.15, 0.2) is 5.78 Å². The van der Waals surface area contributed by atoms with Crippen LogP contribution in [-0.4, -0.2) is 20.8 Å². The average Bonchev–Trinajstić information content (AvgIpc) is 2.89. The molecule has 0 aliphatic carbocycles. The van der Waals surface area contributed by atoms with Crippen LogP contribution in [0.1, 0.15) is 22.3 Å². The van der Waals surface area contributed by atoms with Crippen LogP contribution >= 0.6 is 0 Å². The first-order valence-corrected chi connectivity index (χ1v) is 6.62. The molecule has 0 atom stereocenters. The summed E-state index contributed by atoms with van der Waals surface area (Å²) >= 11 is 0. The second-order valence-corrected chi connectivity index (χ2v) is 4.84. The Kier molecular flexibility index (Phi) is 3.29. The zero-order chi connectivity index (χ0) is 13.9. The van der Waals surface area contributed by atoms with Gasteiger partial charge in [-0.3, -0.25) is 4.79 Å². The van der Waals surface area contributed by atoms with Crippen molar-refractivity contribution in [3.05, 3.63) is 59.7 Å². The number of aryl methyl sites for hydroxylation is 2. The van der Waals surface area contributed by atoms with Crippen LogP contribution in [0.25, 0.3) is 11.0 Å². The molecule has 0 bridgehead atoms. The summed E-state index contributed by atoms with van der Waals surface area (Å²) in [6.07, 6.45) is 0.427. The van der Waals surface area contributed by atoms with Crippen LogP contribution in [-0.2, 0) is 6.54 Å². The van der Waals surface area contributed by atoms with Crippen molar-refractivity contribution in [1.82, 2.24) is 15.0 Å². The van der Waals surface area contributed by atoms with E-state index in [-0.39, 0.29) is 5.78 Å². The summed E-state index contributed by atoms with van der Waals surface area (Å²) in [6.45, 7) is 2.56. The highest BCUT2D eigenvalue weighted by Crippen LogP contribution is 2.12. The first-order chi connectivity index (χ1) is 9.74. The van der Waals surface area contributed by atoms with E-state index in [9.17, 15) is 4.79 Å². The lowest BCUT2D eigenvalue weighted by molar-refractivity contribution is 0.0976. The van der Waals surface area contributed by atoms with Crippen molar-refractivity contribution in [1.29, 1.82) is 0 Å². The Morgan fingerprint density at radius 3 is 2.65 bits per heavy atom. The molecule has 0 radical (unpaired) electrons. The maximum absolute atomic E-state index is 12.1. The summed E-state index contributed by atoms with van der Waals surface area (Å²) < 4.78 is 1.78. The Hall–Kier alpha value is -2.49.